The second-order valence-electron chi connectivity index (χ2n) is 22.3. The molecule has 9 aromatic carbocycles. The molecule has 0 fully saturated rings. The van der Waals surface area contributed by atoms with Crippen molar-refractivity contribution in [1.29, 1.82) is 0 Å². The van der Waals surface area contributed by atoms with Gasteiger partial charge in [0.2, 0.25) is 6.71 Å². The van der Waals surface area contributed by atoms with Gasteiger partial charge in [-0.1, -0.05) is 186 Å². The molecule has 354 valence electrons. The molecule has 0 spiro atoms. The second-order valence-corrected chi connectivity index (χ2v) is 23.3. The van der Waals surface area contributed by atoms with E-state index < -0.39 is 0 Å². The Balaban J connectivity index is 1.07. The average molecular weight is 960 g/mol. The fourth-order valence-corrected chi connectivity index (χ4v) is 14.5. The van der Waals surface area contributed by atoms with E-state index in [0.717, 1.165) is 37.1 Å². The number of hydrogen-bond acceptors (Lipinski definition) is 3. The summed E-state index contributed by atoms with van der Waals surface area (Å²) in [7, 11) is 0. The van der Waals surface area contributed by atoms with Crippen LogP contribution in [0.1, 0.15) is 68.0 Å². The standard InChI is InChI=1S/C68H58BN3S/c1-67(2,3)48-35-34-47(55(41-48)44-20-9-6-10-21-44)43-71-58-37-36-57-61(52-27-15-17-30-56(52)68(57,4)5)63(58)69-38-39-70-64-45(22-19-29-54(64)66-65(70)53-28-16-18-31-60(53)73-66)32-33-46-40-51(42-59(71)62(46)69)72(49-23-11-7-12-24-49)50-25-13-8-14-26-50/h6-31,34-37,40-42H,32-33,38-39,43H2,1-5H3. The maximum atomic E-state index is 2.75. The number of rotatable bonds is 6. The molecular weight excluding hydrogens is 902 g/mol. The average Bonchev–Trinajstić information content (AvgIpc) is 4.03. The van der Waals surface area contributed by atoms with Crippen molar-refractivity contribution in [3.63, 3.8) is 0 Å². The summed E-state index contributed by atoms with van der Waals surface area (Å²) in [5.74, 6) is 0. The Morgan fingerprint density at radius 3 is 2.01 bits per heavy atom. The predicted molar refractivity (Wildman–Crippen MR) is 314 cm³/mol. The Bertz CT molecular complexity index is 3930. The Labute approximate surface area is 434 Å². The van der Waals surface area contributed by atoms with E-state index in [1.807, 2.05) is 11.3 Å². The maximum absolute atomic E-state index is 2.75. The van der Waals surface area contributed by atoms with Crippen LogP contribution in [0.15, 0.2) is 200 Å². The highest BCUT2D eigenvalue weighted by molar-refractivity contribution is 7.26. The molecule has 2 aromatic heterocycles. The van der Waals surface area contributed by atoms with E-state index in [1.165, 1.54) is 115 Å². The summed E-state index contributed by atoms with van der Waals surface area (Å²) < 4.78 is 5.53. The number of para-hydroxylation sites is 3. The zero-order valence-electron chi connectivity index (χ0n) is 42.4. The molecule has 3 aliphatic rings. The lowest BCUT2D eigenvalue weighted by Gasteiger charge is -2.41. The van der Waals surface area contributed by atoms with E-state index in [0.29, 0.717) is 6.54 Å². The molecule has 2 aliphatic heterocycles. The first-order valence-corrected chi connectivity index (χ1v) is 27.2. The minimum atomic E-state index is -0.142. The van der Waals surface area contributed by atoms with Gasteiger partial charge in [0.05, 0.1) is 15.7 Å². The highest BCUT2D eigenvalue weighted by atomic mass is 32.1. The number of aromatic nitrogens is 1. The Morgan fingerprint density at radius 2 is 1.25 bits per heavy atom. The molecule has 0 bridgehead atoms. The number of nitrogens with zero attached hydrogens (tertiary/aromatic N) is 3. The van der Waals surface area contributed by atoms with Gasteiger partial charge in [0, 0.05) is 62.4 Å². The normalized spacial score (nSPS) is 14.5. The quantitative estimate of drug-likeness (QED) is 0.154. The SMILES string of the molecule is CC(C)(C)c1ccc(CN2c3cc(N(c4ccccc4)c4ccccc4)cc4c3B(CCn3c5c(cccc5c5sc6ccccc6c53)CC4)c3c2ccc2c3-c3ccccc3C2(C)C)c(-c2ccccc2)c1. The van der Waals surface area contributed by atoms with E-state index in [-0.39, 0.29) is 17.5 Å². The zero-order chi connectivity index (χ0) is 49.2. The molecule has 0 saturated heterocycles. The fourth-order valence-electron chi connectivity index (χ4n) is 13.3. The van der Waals surface area contributed by atoms with Crippen LogP contribution in [-0.4, -0.2) is 11.3 Å². The van der Waals surface area contributed by atoms with E-state index in [9.17, 15) is 0 Å². The first-order chi connectivity index (χ1) is 35.6. The van der Waals surface area contributed by atoms with E-state index in [1.54, 1.807) is 0 Å². The van der Waals surface area contributed by atoms with Gasteiger partial charge in [-0.05, 0) is 140 Å². The van der Waals surface area contributed by atoms with Crippen molar-refractivity contribution in [2.45, 2.75) is 77.7 Å². The van der Waals surface area contributed by atoms with Gasteiger partial charge in [-0.3, -0.25) is 0 Å². The van der Waals surface area contributed by atoms with E-state index in [4.69, 9.17) is 0 Å². The van der Waals surface area contributed by atoms with Gasteiger partial charge < -0.3 is 14.4 Å². The molecule has 0 saturated carbocycles. The highest BCUT2D eigenvalue weighted by Crippen LogP contribution is 2.52. The van der Waals surface area contributed by atoms with Crippen LogP contribution in [0.4, 0.5) is 28.4 Å². The molecule has 14 rings (SSSR count). The number of benzene rings is 9. The molecule has 0 radical (unpaired) electrons. The summed E-state index contributed by atoms with van der Waals surface area (Å²) in [6, 6.07) is 76.1. The Morgan fingerprint density at radius 1 is 0.562 bits per heavy atom. The van der Waals surface area contributed by atoms with Crippen LogP contribution >= 0.6 is 11.3 Å². The number of anilines is 5. The number of fused-ring (bicyclic) bond motifs is 11. The summed E-state index contributed by atoms with van der Waals surface area (Å²) in [6.07, 6.45) is 2.82. The van der Waals surface area contributed by atoms with Crippen molar-refractivity contribution in [3.8, 4) is 22.3 Å². The predicted octanol–water partition coefficient (Wildman–Crippen LogP) is 16.8. The van der Waals surface area contributed by atoms with Crippen molar-refractivity contribution in [2.75, 3.05) is 9.80 Å². The largest absolute Gasteiger partial charge is 0.340 e. The van der Waals surface area contributed by atoms with Crippen LogP contribution < -0.4 is 20.7 Å². The van der Waals surface area contributed by atoms with Crippen molar-refractivity contribution in [1.82, 2.24) is 4.57 Å². The van der Waals surface area contributed by atoms with Crippen LogP contribution in [-0.2, 0) is 36.8 Å². The molecule has 11 aromatic rings. The molecule has 5 heteroatoms. The summed E-state index contributed by atoms with van der Waals surface area (Å²) in [6.45, 7) is 13.6. The van der Waals surface area contributed by atoms with Crippen LogP contribution in [0, 0.1) is 0 Å². The van der Waals surface area contributed by atoms with Crippen molar-refractivity contribution < 1.29 is 0 Å². The monoisotopic (exact) mass is 959 g/mol. The molecule has 4 heterocycles. The van der Waals surface area contributed by atoms with Crippen molar-refractivity contribution in [3.05, 3.63) is 234 Å². The smallest absolute Gasteiger partial charge is 0.217 e. The minimum Gasteiger partial charge on any atom is -0.340 e. The Hall–Kier alpha value is -7.60. The fraction of sp³-hybridized carbons (Fsp3) is 0.176. The molecule has 0 atom stereocenters. The number of thiophene rings is 1. The topological polar surface area (TPSA) is 11.4 Å². The third-order valence-corrected chi connectivity index (χ3v) is 17.9. The molecular formula is C68H58BN3S. The molecule has 0 amide bonds. The van der Waals surface area contributed by atoms with Crippen molar-refractivity contribution >= 4 is 88.6 Å². The van der Waals surface area contributed by atoms with Crippen LogP contribution in [0.2, 0.25) is 6.32 Å². The molecule has 1 aliphatic carbocycles. The lowest BCUT2D eigenvalue weighted by Crippen LogP contribution is -2.53. The zero-order valence-corrected chi connectivity index (χ0v) is 43.2. The molecule has 73 heavy (non-hydrogen) atoms. The first-order valence-electron chi connectivity index (χ1n) is 26.3. The van der Waals surface area contributed by atoms with Gasteiger partial charge >= 0.3 is 0 Å². The van der Waals surface area contributed by atoms with Crippen molar-refractivity contribution in [2.24, 2.45) is 0 Å². The minimum absolute atomic E-state index is 0.00171. The van der Waals surface area contributed by atoms with Crippen LogP contribution in [0.3, 0.4) is 0 Å². The van der Waals surface area contributed by atoms with E-state index >= 15 is 0 Å². The molecule has 3 nitrogen and oxygen atoms in total. The maximum Gasteiger partial charge on any atom is 0.217 e. The third-order valence-electron chi connectivity index (χ3n) is 16.7. The van der Waals surface area contributed by atoms with Gasteiger partial charge in [-0.25, -0.2) is 0 Å². The van der Waals surface area contributed by atoms with Crippen LogP contribution in [0.5, 0.6) is 0 Å². The van der Waals surface area contributed by atoms with Crippen LogP contribution in [0.25, 0.3) is 53.5 Å². The number of aryl methyl sites for hydroxylation is 3. The van der Waals surface area contributed by atoms with Gasteiger partial charge in [-0.15, -0.1) is 11.3 Å². The molecule has 0 N–H and O–H groups in total. The Kier molecular flexibility index (Phi) is 10.1. The van der Waals surface area contributed by atoms with Gasteiger partial charge in [0.15, 0.2) is 0 Å². The summed E-state index contributed by atoms with van der Waals surface area (Å²) in [4.78, 5) is 5.23. The second kappa shape index (κ2) is 16.7. The van der Waals surface area contributed by atoms with Gasteiger partial charge in [0.1, 0.15) is 0 Å². The third kappa shape index (κ3) is 6.92. The first kappa shape index (κ1) is 44.1. The highest BCUT2D eigenvalue weighted by Gasteiger charge is 2.44. The van der Waals surface area contributed by atoms with Gasteiger partial charge in [0.25, 0.3) is 0 Å². The van der Waals surface area contributed by atoms with E-state index in [2.05, 4.69) is 249 Å². The summed E-state index contributed by atoms with van der Waals surface area (Å²) in [5, 5.41) is 2.76. The number of hydrogen-bond donors (Lipinski definition) is 0. The molecule has 0 unspecified atom stereocenters. The lowest BCUT2D eigenvalue weighted by molar-refractivity contribution is 0.590. The summed E-state index contributed by atoms with van der Waals surface area (Å²) in [5.41, 5.74) is 25.5. The summed E-state index contributed by atoms with van der Waals surface area (Å²) >= 11 is 1.96. The van der Waals surface area contributed by atoms with Gasteiger partial charge in [-0.2, -0.15) is 0 Å². The lowest BCUT2D eigenvalue weighted by atomic mass is 9.35.